The Labute approximate surface area is 111 Å². The summed E-state index contributed by atoms with van der Waals surface area (Å²) in [5, 5.41) is 0. The molecule has 6 nitrogen and oxygen atoms in total. The summed E-state index contributed by atoms with van der Waals surface area (Å²) >= 11 is 1.86. The highest BCUT2D eigenvalue weighted by Gasteiger charge is 2.07. The average Bonchev–Trinajstić information content (AvgIpc) is 2.78. The van der Waals surface area contributed by atoms with Crippen LogP contribution in [-0.2, 0) is 6.54 Å². The van der Waals surface area contributed by atoms with Gasteiger partial charge in [0.05, 0.1) is 6.33 Å². The van der Waals surface area contributed by atoms with Crippen LogP contribution in [0.4, 0.5) is 5.82 Å². The molecule has 2 aromatic heterocycles. The Morgan fingerprint density at radius 3 is 2.94 bits per heavy atom. The van der Waals surface area contributed by atoms with Crippen LogP contribution in [0.1, 0.15) is 0 Å². The lowest BCUT2D eigenvalue weighted by atomic mass is 10.5. The monoisotopic (exact) mass is 266 g/mol. The zero-order valence-corrected chi connectivity index (χ0v) is 11.5. The van der Waals surface area contributed by atoms with Crippen LogP contribution in [0.3, 0.4) is 0 Å². The number of imidazole rings is 1. The molecule has 0 aliphatic carbocycles. The first-order valence-corrected chi connectivity index (χ1v) is 7.20. The molecule has 2 heterocycles. The second-order valence-electron chi connectivity index (χ2n) is 4.17. The fourth-order valence-corrected chi connectivity index (χ4v) is 2.19. The third kappa shape index (κ3) is 2.91. The zero-order chi connectivity index (χ0) is 13.0. The maximum absolute atomic E-state index is 5.75. The third-order valence-electron chi connectivity index (χ3n) is 2.83. The van der Waals surface area contributed by atoms with Crippen LogP contribution in [-0.4, -0.2) is 56.6 Å². The zero-order valence-electron chi connectivity index (χ0n) is 10.7. The molecule has 2 rings (SSSR count). The van der Waals surface area contributed by atoms with Crippen LogP contribution < -0.4 is 5.73 Å². The van der Waals surface area contributed by atoms with Crippen molar-refractivity contribution in [3.8, 4) is 0 Å². The first-order chi connectivity index (χ1) is 8.72. The minimum absolute atomic E-state index is 0.439. The van der Waals surface area contributed by atoms with Gasteiger partial charge in [0.1, 0.15) is 11.8 Å². The van der Waals surface area contributed by atoms with Crippen LogP contribution in [0.25, 0.3) is 11.2 Å². The number of fused-ring (bicyclic) bond motifs is 1. The van der Waals surface area contributed by atoms with Crippen LogP contribution >= 0.6 is 11.8 Å². The molecular formula is C11H18N6S. The Kier molecular flexibility index (Phi) is 4.38. The normalized spacial score (nSPS) is 11.5. The molecule has 0 atom stereocenters. The molecule has 0 bridgehead atoms. The molecule has 0 saturated carbocycles. The Morgan fingerprint density at radius 1 is 1.33 bits per heavy atom. The van der Waals surface area contributed by atoms with Crippen molar-refractivity contribution in [3.05, 3.63) is 12.7 Å². The van der Waals surface area contributed by atoms with Gasteiger partial charge in [-0.3, -0.25) is 0 Å². The third-order valence-corrected chi connectivity index (χ3v) is 3.42. The fourth-order valence-electron chi connectivity index (χ4n) is 1.70. The largest absolute Gasteiger partial charge is 0.382 e. The number of hydrogen-bond donors (Lipinski definition) is 1. The van der Waals surface area contributed by atoms with Gasteiger partial charge in [-0.05, 0) is 13.3 Å². The maximum atomic E-state index is 5.75. The molecule has 0 unspecified atom stereocenters. The maximum Gasteiger partial charge on any atom is 0.165 e. The van der Waals surface area contributed by atoms with Crippen molar-refractivity contribution in [3.63, 3.8) is 0 Å². The van der Waals surface area contributed by atoms with Crippen LogP contribution in [0.5, 0.6) is 0 Å². The summed E-state index contributed by atoms with van der Waals surface area (Å²) in [7, 11) is 2.12. The number of nitrogens with zero attached hydrogens (tertiary/aromatic N) is 5. The molecule has 2 aromatic rings. The van der Waals surface area contributed by atoms with Crippen molar-refractivity contribution in [2.75, 3.05) is 37.9 Å². The second-order valence-corrected chi connectivity index (χ2v) is 5.15. The SMILES string of the molecule is CSCCN(C)CCn1cnc2c(N)ncnc21. The Hall–Kier alpha value is -1.34. The van der Waals surface area contributed by atoms with Gasteiger partial charge in [0, 0.05) is 25.4 Å². The van der Waals surface area contributed by atoms with E-state index < -0.39 is 0 Å². The van der Waals surface area contributed by atoms with Crippen molar-refractivity contribution in [1.29, 1.82) is 0 Å². The minimum Gasteiger partial charge on any atom is -0.382 e. The van der Waals surface area contributed by atoms with Crippen LogP contribution in [0.15, 0.2) is 12.7 Å². The molecule has 0 fully saturated rings. The number of hydrogen-bond acceptors (Lipinski definition) is 6. The predicted octanol–water partition coefficient (Wildman–Crippen LogP) is 0.703. The fraction of sp³-hybridized carbons (Fsp3) is 0.545. The van der Waals surface area contributed by atoms with Gasteiger partial charge in [0.25, 0.3) is 0 Å². The highest BCUT2D eigenvalue weighted by Crippen LogP contribution is 2.13. The average molecular weight is 266 g/mol. The van der Waals surface area contributed by atoms with Crippen molar-refractivity contribution >= 4 is 28.7 Å². The predicted molar refractivity (Wildman–Crippen MR) is 75.6 cm³/mol. The van der Waals surface area contributed by atoms with Crippen molar-refractivity contribution in [2.24, 2.45) is 0 Å². The summed E-state index contributed by atoms with van der Waals surface area (Å²) in [5.41, 5.74) is 7.24. The molecule has 0 saturated heterocycles. The van der Waals surface area contributed by atoms with Gasteiger partial charge in [-0.2, -0.15) is 11.8 Å². The topological polar surface area (TPSA) is 72.9 Å². The van der Waals surface area contributed by atoms with E-state index in [-0.39, 0.29) is 0 Å². The molecule has 2 N–H and O–H groups in total. The minimum atomic E-state index is 0.439. The van der Waals surface area contributed by atoms with Gasteiger partial charge >= 0.3 is 0 Å². The summed E-state index contributed by atoms with van der Waals surface area (Å²) in [6.07, 6.45) is 5.38. The van der Waals surface area contributed by atoms with Crippen LogP contribution in [0, 0.1) is 0 Å². The standard InChI is InChI=1S/C11H18N6S/c1-16(5-6-18-2)3-4-17-8-15-9-10(12)13-7-14-11(9)17/h7-8H,3-6H2,1-2H3,(H2,12,13,14). The first kappa shape index (κ1) is 13.1. The Balaban J connectivity index is 2.02. The smallest absolute Gasteiger partial charge is 0.165 e. The van der Waals surface area contributed by atoms with Crippen molar-refractivity contribution in [1.82, 2.24) is 24.4 Å². The highest BCUT2D eigenvalue weighted by atomic mass is 32.2. The van der Waals surface area contributed by atoms with Crippen molar-refractivity contribution < 1.29 is 0 Å². The molecule has 0 aliphatic heterocycles. The van der Waals surface area contributed by atoms with Gasteiger partial charge in [0.2, 0.25) is 0 Å². The van der Waals surface area contributed by atoms with Gasteiger partial charge < -0.3 is 15.2 Å². The second kappa shape index (κ2) is 6.01. The van der Waals surface area contributed by atoms with E-state index in [4.69, 9.17) is 5.73 Å². The quantitative estimate of drug-likeness (QED) is 0.830. The molecule has 0 amide bonds. The lowest BCUT2D eigenvalue weighted by Gasteiger charge is -2.16. The molecular weight excluding hydrogens is 248 g/mol. The lowest BCUT2D eigenvalue weighted by molar-refractivity contribution is 0.339. The van der Waals surface area contributed by atoms with E-state index in [1.807, 2.05) is 16.3 Å². The van der Waals surface area contributed by atoms with E-state index in [0.29, 0.717) is 11.3 Å². The number of likely N-dealkylation sites (N-methyl/N-ethyl adjacent to an activating group) is 1. The molecule has 98 valence electrons. The lowest BCUT2D eigenvalue weighted by Crippen LogP contribution is -2.25. The summed E-state index contributed by atoms with van der Waals surface area (Å²) in [6, 6.07) is 0. The molecule has 0 spiro atoms. The van der Waals surface area contributed by atoms with Gasteiger partial charge in [0.15, 0.2) is 11.5 Å². The summed E-state index contributed by atoms with van der Waals surface area (Å²) in [5.74, 6) is 1.59. The number of nitrogen functional groups attached to an aromatic ring is 1. The number of anilines is 1. The molecule has 0 radical (unpaired) electrons. The van der Waals surface area contributed by atoms with E-state index in [1.165, 1.54) is 6.33 Å². The molecule has 18 heavy (non-hydrogen) atoms. The number of nitrogens with two attached hydrogens (primary N) is 1. The Morgan fingerprint density at radius 2 is 2.17 bits per heavy atom. The van der Waals surface area contributed by atoms with Gasteiger partial charge in [-0.15, -0.1) is 0 Å². The molecule has 0 aromatic carbocycles. The van der Waals surface area contributed by atoms with Gasteiger partial charge in [-0.1, -0.05) is 0 Å². The molecule has 7 heteroatoms. The number of thioether (sulfide) groups is 1. The van der Waals surface area contributed by atoms with E-state index in [9.17, 15) is 0 Å². The Bertz CT molecular complexity index is 511. The van der Waals surface area contributed by atoms with E-state index >= 15 is 0 Å². The van der Waals surface area contributed by atoms with E-state index in [1.54, 1.807) is 6.33 Å². The molecule has 0 aliphatic rings. The summed E-state index contributed by atoms with van der Waals surface area (Å²) in [6.45, 7) is 2.92. The number of rotatable bonds is 6. The van der Waals surface area contributed by atoms with Crippen molar-refractivity contribution in [2.45, 2.75) is 6.54 Å². The highest BCUT2D eigenvalue weighted by molar-refractivity contribution is 7.98. The van der Waals surface area contributed by atoms with E-state index in [0.717, 1.165) is 31.0 Å². The number of aromatic nitrogens is 4. The summed E-state index contributed by atoms with van der Waals surface area (Å²) < 4.78 is 2.02. The summed E-state index contributed by atoms with van der Waals surface area (Å²) in [4.78, 5) is 14.7. The van der Waals surface area contributed by atoms with Gasteiger partial charge in [-0.25, -0.2) is 15.0 Å². The first-order valence-electron chi connectivity index (χ1n) is 5.81. The van der Waals surface area contributed by atoms with E-state index in [2.05, 4.69) is 33.2 Å². The van der Waals surface area contributed by atoms with Crippen LogP contribution in [0.2, 0.25) is 0 Å².